The van der Waals surface area contributed by atoms with E-state index in [1.54, 1.807) is 13.8 Å². The van der Waals surface area contributed by atoms with Crippen molar-refractivity contribution in [2.24, 2.45) is 0 Å². The Kier molecular flexibility index (Phi) is 7.43. The normalized spacial score (nSPS) is 12.8. The van der Waals surface area contributed by atoms with E-state index in [2.05, 4.69) is 5.32 Å². The number of rotatable bonds is 10. The van der Waals surface area contributed by atoms with Crippen LogP contribution in [0.4, 0.5) is 0 Å². The Morgan fingerprint density at radius 3 is 2.30 bits per heavy atom. The van der Waals surface area contributed by atoms with Gasteiger partial charge in [-0.2, -0.15) is 0 Å². The molecule has 0 aliphatic heterocycles. The van der Waals surface area contributed by atoms with Crippen LogP contribution in [0.3, 0.4) is 0 Å². The molecule has 1 unspecified atom stereocenters. The number of benzene rings is 2. The lowest BCUT2D eigenvalue weighted by atomic mass is 10.1. The largest absolute Gasteiger partial charge is 0.349 e. The summed E-state index contributed by atoms with van der Waals surface area (Å²) in [5, 5.41) is 2.77. The highest BCUT2D eigenvalue weighted by atomic mass is 31.2. The molecule has 1 amide bonds. The average molecular weight is 429 g/mol. The second-order valence-electron chi connectivity index (χ2n) is 6.73. The van der Waals surface area contributed by atoms with Crippen molar-refractivity contribution in [3.63, 3.8) is 0 Å². The first kappa shape index (κ1) is 22.2. The molecule has 3 aromatic rings. The number of carbonyl (C=O) groups excluding carboxylic acids is 1. The minimum Gasteiger partial charge on any atom is -0.343 e. The van der Waals surface area contributed by atoms with Crippen LogP contribution in [0.1, 0.15) is 33.2 Å². The van der Waals surface area contributed by atoms with Crippen LogP contribution in [0.25, 0.3) is 22.4 Å². The van der Waals surface area contributed by atoms with Crippen LogP contribution >= 0.6 is 7.60 Å². The lowest BCUT2D eigenvalue weighted by Gasteiger charge is -2.22. The van der Waals surface area contributed by atoms with Crippen LogP contribution in [0.15, 0.2) is 54.6 Å². The fourth-order valence-electron chi connectivity index (χ4n) is 3.45. The SMILES string of the molecule is CCOP(=O)(CNC(=O)C(CC)n1c(-c2ccccc2)nc2ccccc21)OCC. The Morgan fingerprint density at radius 1 is 1.03 bits per heavy atom. The predicted octanol–water partition coefficient (Wildman–Crippen LogP) is 4.99. The van der Waals surface area contributed by atoms with E-state index in [0.29, 0.717) is 6.42 Å². The van der Waals surface area contributed by atoms with Crippen molar-refractivity contribution in [1.82, 2.24) is 14.9 Å². The molecule has 1 atom stereocenters. The van der Waals surface area contributed by atoms with Crippen molar-refractivity contribution in [2.75, 3.05) is 19.5 Å². The number of imidazole rings is 1. The minimum absolute atomic E-state index is 0.169. The van der Waals surface area contributed by atoms with Gasteiger partial charge in [0.1, 0.15) is 18.2 Å². The summed E-state index contributed by atoms with van der Waals surface area (Å²) in [4.78, 5) is 17.9. The second-order valence-corrected chi connectivity index (χ2v) is 8.78. The van der Waals surface area contributed by atoms with Gasteiger partial charge in [0.25, 0.3) is 0 Å². The summed E-state index contributed by atoms with van der Waals surface area (Å²) in [7, 11) is -3.38. The number of aromatic nitrogens is 2. The molecular weight excluding hydrogens is 401 g/mol. The molecular formula is C22H28N3O4P. The second kappa shape index (κ2) is 10.0. The Balaban J connectivity index is 1.96. The van der Waals surface area contributed by atoms with Crippen LogP contribution in [0.2, 0.25) is 0 Å². The molecule has 8 heteroatoms. The molecule has 0 aliphatic rings. The van der Waals surface area contributed by atoms with E-state index in [-0.39, 0.29) is 25.4 Å². The molecule has 0 aliphatic carbocycles. The summed E-state index contributed by atoms with van der Waals surface area (Å²) in [6.45, 7) is 5.92. The monoisotopic (exact) mass is 429 g/mol. The Morgan fingerprint density at radius 2 is 1.67 bits per heavy atom. The molecule has 30 heavy (non-hydrogen) atoms. The molecule has 2 aromatic carbocycles. The molecule has 1 N–H and O–H groups in total. The third kappa shape index (κ3) is 4.81. The van der Waals surface area contributed by atoms with Gasteiger partial charge in [0, 0.05) is 5.56 Å². The molecule has 7 nitrogen and oxygen atoms in total. The van der Waals surface area contributed by atoms with Crippen LogP contribution in [-0.4, -0.2) is 35.0 Å². The highest BCUT2D eigenvalue weighted by Gasteiger charge is 2.29. The molecule has 0 spiro atoms. The fraction of sp³-hybridized carbons (Fsp3) is 0.364. The van der Waals surface area contributed by atoms with Gasteiger partial charge in [0.05, 0.1) is 24.2 Å². The zero-order chi connectivity index (χ0) is 21.6. The standard InChI is InChI=1S/C22H28N3O4P/c1-4-19(22(26)23-16-30(27,28-5-2)29-6-3)25-20-15-11-10-14-18(20)24-21(25)17-12-8-7-9-13-17/h7-15,19H,4-6,16H2,1-3H3,(H,23,26). The van der Waals surface area contributed by atoms with E-state index in [0.717, 1.165) is 22.4 Å². The van der Waals surface area contributed by atoms with Crippen molar-refractivity contribution in [2.45, 2.75) is 33.2 Å². The van der Waals surface area contributed by atoms with Crippen LogP contribution in [0.5, 0.6) is 0 Å². The molecule has 3 rings (SSSR count). The zero-order valence-corrected chi connectivity index (χ0v) is 18.5. The Hall–Kier alpha value is -2.47. The number of hydrogen-bond donors (Lipinski definition) is 1. The summed E-state index contributed by atoms with van der Waals surface area (Å²) in [6.07, 6.45) is 0.372. The third-order valence-electron chi connectivity index (χ3n) is 4.73. The van der Waals surface area contributed by atoms with Crippen LogP contribution in [-0.2, 0) is 18.4 Å². The van der Waals surface area contributed by atoms with E-state index in [1.807, 2.05) is 66.1 Å². The Bertz CT molecular complexity index is 1030. The minimum atomic E-state index is -3.38. The van der Waals surface area contributed by atoms with Gasteiger partial charge in [-0.05, 0) is 32.4 Å². The maximum Gasteiger partial charge on any atom is 0.349 e. The van der Waals surface area contributed by atoms with E-state index >= 15 is 0 Å². The maximum absolute atomic E-state index is 13.2. The van der Waals surface area contributed by atoms with Gasteiger partial charge in [-0.3, -0.25) is 9.36 Å². The molecule has 0 bridgehead atoms. The predicted molar refractivity (Wildman–Crippen MR) is 118 cm³/mol. The highest BCUT2D eigenvalue weighted by molar-refractivity contribution is 7.53. The van der Waals surface area contributed by atoms with E-state index < -0.39 is 13.6 Å². The highest BCUT2D eigenvalue weighted by Crippen LogP contribution is 2.46. The summed E-state index contributed by atoms with van der Waals surface area (Å²) in [5.74, 6) is 0.467. The molecule has 0 radical (unpaired) electrons. The van der Waals surface area contributed by atoms with E-state index in [1.165, 1.54) is 0 Å². The number of nitrogens with one attached hydrogen (secondary N) is 1. The molecule has 0 saturated heterocycles. The summed E-state index contributed by atoms with van der Waals surface area (Å²) in [5.41, 5.74) is 2.61. The van der Waals surface area contributed by atoms with Gasteiger partial charge in [0.15, 0.2) is 0 Å². The zero-order valence-electron chi connectivity index (χ0n) is 17.6. The topological polar surface area (TPSA) is 82.5 Å². The number of fused-ring (bicyclic) bond motifs is 1. The van der Waals surface area contributed by atoms with E-state index in [4.69, 9.17) is 14.0 Å². The molecule has 1 heterocycles. The van der Waals surface area contributed by atoms with Crippen molar-refractivity contribution in [3.05, 3.63) is 54.6 Å². The average Bonchev–Trinajstić information content (AvgIpc) is 3.13. The van der Waals surface area contributed by atoms with Gasteiger partial charge in [0.2, 0.25) is 5.91 Å². The first-order valence-corrected chi connectivity index (χ1v) is 11.9. The number of nitrogens with zero attached hydrogens (tertiary/aromatic N) is 2. The quantitative estimate of drug-likeness (QED) is 0.459. The fourth-order valence-corrected chi connectivity index (χ4v) is 4.84. The Labute approximate surface area is 176 Å². The lowest BCUT2D eigenvalue weighted by molar-refractivity contribution is -0.124. The number of hydrogen-bond acceptors (Lipinski definition) is 5. The van der Waals surface area contributed by atoms with Crippen molar-refractivity contribution in [1.29, 1.82) is 0 Å². The van der Waals surface area contributed by atoms with Crippen LogP contribution < -0.4 is 5.32 Å². The van der Waals surface area contributed by atoms with Gasteiger partial charge in [-0.1, -0.05) is 49.4 Å². The van der Waals surface area contributed by atoms with Crippen molar-refractivity contribution < 1.29 is 18.4 Å². The molecule has 0 saturated carbocycles. The lowest BCUT2D eigenvalue weighted by Crippen LogP contribution is -2.33. The smallest absolute Gasteiger partial charge is 0.343 e. The van der Waals surface area contributed by atoms with E-state index in [9.17, 15) is 9.36 Å². The van der Waals surface area contributed by atoms with Gasteiger partial charge >= 0.3 is 7.60 Å². The number of para-hydroxylation sites is 2. The van der Waals surface area contributed by atoms with Crippen molar-refractivity contribution >= 4 is 24.5 Å². The first-order chi connectivity index (χ1) is 14.5. The molecule has 1 aromatic heterocycles. The summed E-state index contributed by atoms with van der Waals surface area (Å²) < 4.78 is 25.3. The van der Waals surface area contributed by atoms with Gasteiger partial charge < -0.3 is 18.9 Å². The van der Waals surface area contributed by atoms with Gasteiger partial charge in [-0.25, -0.2) is 4.98 Å². The molecule has 0 fully saturated rings. The molecule has 160 valence electrons. The number of amides is 1. The summed E-state index contributed by atoms with van der Waals surface area (Å²) in [6, 6.07) is 17.0. The van der Waals surface area contributed by atoms with Gasteiger partial charge in [-0.15, -0.1) is 0 Å². The first-order valence-electron chi connectivity index (χ1n) is 10.2. The van der Waals surface area contributed by atoms with Crippen LogP contribution in [0, 0.1) is 0 Å². The maximum atomic E-state index is 13.2. The number of carbonyl (C=O) groups is 1. The van der Waals surface area contributed by atoms with Crippen molar-refractivity contribution in [3.8, 4) is 11.4 Å². The third-order valence-corrected chi connectivity index (χ3v) is 6.58. The summed E-state index contributed by atoms with van der Waals surface area (Å²) >= 11 is 0.